The molecule has 0 bridgehead atoms. The number of aldehydes is 1. The predicted molar refractivity (Wildman–Crippen MR) is 108 cm³/mol. The third-order valence-electron chi connectivity index (χ3n) is 4.78. The van der Waals surface area contributed by atoms with Gasteiger partial charge in [0.2, 0.25) is 0 Å². The van der Waals surface area contributed by atoms with Crippen molar-refractivity contribution in [3.05, 3.63) is 69.5 Å². The van der Waals surface area contributed by atoms with Crippen LogP contribution in [0.25, 0.3) is 0 Å². The van der Waals surface area contributed by atoms with Gasteiger partial charge in [0.05, 0.1) is 15.6 Å². The highest BCUT2D eigenvalue weighted by Crippen LogP contribution is 2.30. The van der Waals surface area contributed by atoms with Crippen molar-refractivity contribution >= 4 is 21.8 Å². The first-order valence-electron chi connectivity index (χ1n) is 9.31. The Morgan fingerprint density at radius 3 is 2.55 bits per heavy atom. The van der Waals surface area contributed by atoms with Crippen molar-refractivity contribution in [1.82, 2.24) is 0 Å². The van der Waals surface area contributed by atoms with E-state index in [4.69, 9.17) is 0 Å². The lowest BCUT2D eigenvalue weighted by molar-refractivity contribution is -0.384. The average molecular weight is 421 g/mol. The largest absolute Gasteiger partial charge is 0.303 e. The molecule has 0 amide bonds. The van der Waals surface area contributed by atoms with Crippen molar-refractivity contribution in [2.45, 2.75) is 44.4 Å². The normalized spacial score (nSPS) is 13.6. The van der Waals surface area contributed by atoms with Gasteiger partial charge in [-0.3, -0.25) is 10.1 Å². The third-order valence-corrected chi connectivity index (χ3v) is 6.89. The number of nitrogens with zero attached hydrogens (tertiary/aromatic N) is 1. The summed E-state index contributed by atoms with van der Waals surface area (Å²) < 4.78 is 40.0. The van der Waals surface area contributed by atoms with Gasteiger partial charge in [-0.1, -0.05) is 38.8 Å². The lowest BCUT2D eigenvalue weighted by Gasteiger charge is -2.23. The summed E-state index contributed by atoms with van der Waals surface area (Å²) in [5.41, 5.74) is -0.470. The van der Waals surface area contributed by atoms with Gasteiger partial charge in [0, 0.05) is 17.5 Å². The maximum atomic E-state index is 13.9. The van der Waals surface area contributed by atoms with E-state index in [-0.39, 0.29) is 28.3 Å². The number of carbonyl (C=O) groups excluding carboxylic acids is 1. The molecule has 2 aromatic rings. The second-order valence-electron chi connectivity index (χ2n) is 7.49. The molecule has 6 nitrogen and oxygen atoms in total. The number of non-ortho nitro benzene ring substituents is 1. The Bertz CT molecular complexity index is 1010. The van der Waals surface area contributed by atoms with Crippen LogP contribution in [-0.4, -0.2) is 25.4 Å². The van der Waals surface area contributed by atoms with E-state index < -0.39 is 26.0 Å². The predicted octanol–water partition coefficient (Wildman–Crippen LogP) is 4.49. The summed E-state index contributed by atoms with van der Waals surface area (Å²) in [6, 6.07) is 9.15. The first kappa shape index (κ1) is 22.7. The van der Waals surface area contributed by atoms with Crippen LogP contribution in [0.5, 0.6) is 0 Å². The Hall–Kier alpha value is -2.61. The van der Waals surface area contributed by atoms with Crippen LogP contribution >= 0.6 is 0 Å². The van der Waals surface area contributed by atoms with Gasteiger partial charge in [-0.05, 0) is 42.2 Å². The fourth-order valence-electron chi connectivity index (χ4n) is 3.25. The number of nitro groups is 1. The van der Waals surface area contributed by atoms with Crippen LogP contribution in [0.4, 0.5) is 10.1 Å². The minimum Gasteiger partial charge on any atom is -0.303 e. The van der Waals surface area contributed by atoms with Gasteiger partial charge in [0.15, 0.2) is 9.84 Å². The zero-order valence-electron chi connectivity index (χ0n) is 16.4. The van der Waals surface area contributed by atoms with Crippen molar-refractivity contribution in [3.8, 4) is 0 Å². The zero-order chi connectivity index (χ0) is 21.7. The first-order chi connectivity index (χ1) is 13.6. The number of carbonyl (C=O) groups is 1. The molecule has 0 spiro atoms. The lowest BCUT2D eigenvalue weighted by Crippen LogP contribution is -2.29. The van der Waals surface area contributed by atoms with Crippen molar-refractivity contribution in [3.63, 3.8) is 0 Å². The highest BCUT2D eigenvalue weighted by atomic mass is 32.2. The molecule has 2 aromatic carbocycles. The van der Waals surface area contributed by atoms with Gasteiger partial charge < -0.3 is 4.79 Å². The highest BCUT2D eigenvalue weighted by molar-refractivity contribution is 7.91. The molecule has 156 valence electrons. The van der Waals surface area contributed by atoms with Gasteiger partial charge in [-0.15, -0.1) is 0 Å². The van der Waals surface area contributed by atoms with Crippen LogP contribution in [0, 0.1) is 21.3 Å². The van der Waals surface area contributed by atoms with Crippen LogP contribution < -0.4 is 0 Å². The lowest BCUT2D eigenvalue weighted by atomic mass is 9.89. The van der Waals surface area contributed by atoms with Gasteiger partial charge >= 0.3 is 0 Å². The zero-order valence-corrected chi connectivity index (χ0v) is 17.2. The number of hydrogen-bond donors (Lipinski definition) is 0. The summed E-state index contributed by atoms with van der Waals surface area (Å²) in [7, 11) is -3.89. The molecule has 0 unspecified atom stereocenters. The van der Waals surface area contributed by atoms with E-state index in [2.05, 4.69) is 0 Å². The number of halogens is 1. The SMILES string of the molecule is CCCC[C@@](C)(C=O)CS(=O)(=O)c1ccc(F)cc1Cc1cccc([N+](=O)[O-])c1. The topological polar surface area (TPSA) is 94.3 Å². The first-order valence-corrected chi connectivity index (χ1v) is 11.0. The molecule has 0 aliphatic carbocycles. The monoisotopic (exact) mass is 421 g/mol. The van der Waals surface area contributed by atoms with E-state index in [0.29, 0.717) is 24.7 Å². The molecule has 1 atom stereocenters. The number of benzene rings is 2. The second-order valence-corrected chi connectivity index (χ2v) is 9.45. The molecule has 0 aliphatic heterocycles. The van der Waals surface area contributed by atoms with E-state index in [0.717, 1.165) is 18.6 Å². The molecule has 0 aliphatic rings. The van der Waals surface area contributed by atoms with Gasteiger partial charge in [0.1, 0.15) is 12.1 Å². The molecular weight excluding hydrogens is 397 g/mol. The van der Waals surface area contributed by atoms with E-state index in [1.165, 1.54) is 24.3 Å². The summed E-state index contributed by atoms with van der Waals surface area (Å²) in [5, 5.41) is 11.0. The van der Waals surface area contributed by atoms with Crippen molar-refractivity contribution in [2.75, 3.05) is 5.75 Å². The Balaban J connectivity index is 2.42. The van der Waals surface area contributed by atoms with Crippen LogP contribution in [0.2, 0.25) is 0 Å². The number of sulfone groups is 1. The highest BCUT2D eigenvalue weighted by Gasteiger charge is 2.32. The van der Waals surface area contributed by atoms with Crippen molar-refractivity contribution < 1.29 is 22.5 Å². The fraction of sp³-hybridized carbons (Fsp3) is 0.381. The molecule has 8 heteroatoms. The molecule has 2 rings (SSSR count). The van der Waals surface area contributed by atoms with Gasteiger partial charge in [-0.25, -0.2) is 12.8 Å². The Morgan fingerprint density at radius 2 is 1.93 bits per heavy atom. The molecule has 0 heterocycles. The number of unbranched alkanes of at least 4 members (excludes halogenated alkanes) is 1. The summed E-state index contributed by atoms with van der Waals surface area (Å²) in [4.78, 5) is 22.0. The Kier molecular flexibility index (Phi) is 7.24. The minimum atomic E-state index is -3.89. The molecule has 0 radical (unpaired) electrons. The number of hydrogen-bond acceptors (Lipinski definition) is 5. The summed E-state index contributed by atoms with van der Waals surface area (Å²) in [6.07, 6.45) is 2.67. The quantitative estimate of drug-likeness (QED) is 0.244. The summed E-state index contributed by atoms with van der Waals surface area (Å²) in [6.45, 7) is 3.56. The maximum Gasteiger partial charge on any atom is 0.269 e. The Morgan fingerprint density at radius 1 is 1.21 bits per heavy atom. The van der Waals surface area contributed by atoms with E-state index in [1.807, 2.05) is 6.92 Å². The maximum absolute atomic E-state index is 13.9. The Labute approximate surface area is 169 Å². The molecule has 29 heavy (non-hydrogen) atoms. The van der Waals surface area contributed by atoms with Crippen molar-refractivity contribution in [1.29, 1.82) is 0 Å². The van der Waals surface area contributed by atoms with Gasteiger partial charge in [0.25, 0.3) is 5.69 Å². The van der Waals surface area contributed by atoms with Crippen LogP contribution in [0.15, 0.2) is 47.4 Å². The van der Waals surface area contributed by atoms with E-state index in [1.54, 1.807) is 13.0 Å². The average Bonchev–Trinajstić information content (AvgIpc) is 2.66. The second kappa shape index (κ2) is 9.26. The van der Waals surface area contributed by atoms with E-state index >= 15 is 0 Å². The van der Waals surface area contributed by atoms with Crippen LogP contribution in [0.1, 0.15) is 44.2 Å². The molecular formula is C21H24FNO5S. The van der Waals surface area contributed by atoms with Crippen LogP contribution in [-0.2, 0) is 21.1 Å². The fourth-order valence-corrected chi connectivity index (χ4v) is 5.29. The minimum absolute atomic E-state index is 0.0146. The number of rotatable bonds is 10. The van der Waals surface area contributed by atoms with E-state index in [9.17, 15) is 27.7 Å². The third kappa shape index (κ3) is 5.93. The molecule has 0 saturated carbocycles. The van der Waals surface area contributed by atoms with Crippen molar-refractivity contribution in [2.24, 2.45) is 5.41 Å². The van der Waals surface area contributed by atoms with Gasteiger partial charge in [-0.2, -0.15) is 0 Å². The molecule has 0 saturated heterocycles. The van der Waals surface area contributed by atoms with Crippen LogP contribution in [0.3, 0.4) is 0 Å². The molecule has 0 N–H and O–H groups in total. The number of nitro benzene ring substituents is 1. The molecule has 0 fully saturated rings. The summed E-state index contributed by atoms with van der Waals surface area (Å²) >= 11 is 0. The smallest absolute Gasteiger partial charge is 0.269 e. The standard InChI is InChI=1S/C21H24FNO5S/c1-3-4-10-21(2,14-24)15-29(27,28)20-9-8-18(22)13-17(20)11-16-6-5-7-19(12-16)23(25)26/h5-9,12-14H,3-4,10-11,15H2,1-2H3/t21-/m0/s1. The summed E-state index contributed by atoms with van der Waals surface area (Å²) in [5.74, 6) is -0.981. The molecule has 0 aromatic heterocycles.